The molecule has 0 bridgehead atoms. The van der Waals surface area contributed by atoms with E-state index in [4.69, 9.17) is 5.11 Å². The average Bonchev–Trinajstić information content (AvgIpc) is 2.81. The smallest absolute Gasteiger partial charge is 0.328 e. The maximum absolute atomic E-state index is 11.6. The van der Waals surface area contributed by atoms with E-state index in [-0.39, 0.29) is 6.61 Å². The predicted octanol–water partition coefficient (Wildman–Crippen LogP) is 0.380. The van der Waals surface area contributed by atoms with E-state index in [2.05, 4.69) is 16.8 Å². The highest BCUT2D eigenvalue weighted by Gasteiger charge is 2.04. The molecule has 2 aromatic heterocycles. The van der Waals surface area contributed by atoms with Crippen LogP contribution in [0.2, 0.25) is 0 Å². The Morgan fingerprint density at radius 3 is 2.95 bits per heavy atom. The third kappa shape index (κ3) is 3.44. The zero-order valence-electron chi connectivity index (χ0n) is 10.0. The summed E-state index contributed by atoms with van der Waals surface area (Å²) in [6.07, 6.45) is 1.89. The number of aliphatic hydroxyl groups excluding tert-OH is 1. The van der Waals surface area contributed by atoms with Crippen molar-refractivity contribution in [1.29, 1.82) is 0 Å². The summed E-state index contributed by atoms with van der Waals surface area (Å²) in [4.78, 5) is 25.7. The fourth-order valence-electron chi connectivity index (χ4n) is 1.51. The molecule has 0 amide bonds. The molecule has 0 fully saturated rings. The summed E-state index contributed by atoms with van der Waals surface area (Å²) in [5.41, 5.74) is 0.00195. The van der Waals surface area contributed by atoms with Crippen molar-refractivity contribution in [3.63, 3.8) is 0 Å². The second kappa shape index (κ2) is 6.18. The van der Waals surface area contributed by atoms with E-state index in [0.717, 1.165) is 10.4 Å². The first-order chi connectivity index (χ1) is 9.20. The fraction of sp³-hybridized carbons (Fsp3) is 0.231. The lowest BCUT2D eigenvalue weighted by atomic mass is 10.2. The number of H-pyrrole nitrogens is 1. The number of aliphatic hydroxyl groups is 1. The molecule has 0 saturated carbocycles. The summed E-state index contributed by atoms with van der Waals surface area (Å²) in [5.74, 6) is 5.81. The van der Waals surface area contributed by atoms with Crippen molar-refractivity contribution in [3.05, 3.63) is 55.0 Å². The Kier molecular flexibility index (Phi) is 4.34. The molecule has 0 aliphatic rings. The van der Waals surface area contributed by atoms with Crippen LogP contribution in [-0.4, -0.2) is 21.3 Å². The molecule has 0 aliphatic carbocycles. The summed E-state index contributed by atoms with van der Waals surface area (Å²) >= 11 is 1.50. The van der Waals surface area contributed by atoms with E-state index >= 15 is 0 Å². The number of aromatic amines is 1. The lowest BCUT2D eigenvalue weighted by molar-refractivity contribution is 0.305. The molecule has 2 rings (SSSR count). The third-order valence-electron chi connectivity index (χ3n) is 2.42. The maximum atomic E-state index is 11.6. The molecule has 2 heterocycles. The first kappa shape index (κ1) is 13.3. The number of rotatable bonds is 3. The van der Waals surface area contributed by atoms with Crippen molar-refractivity contribution in [2.75, 3.05) is 6.61 Å². The molecule has 0 saturated heterocycles. The molecule has 5 nitrogen and oxygen atoms in total. The van der Waals surface area contributed by atoms with Gasteiger partial charge < -0.3 is 5.11 Å². The van der Waals surface area contributed by atoms with Gasteiger partial charge in [-0.3, -0.25) is 14.3 Å². The monoisotopic (exact) mass is 276 g/mol. The maximum Gasteiger partial charge on any atom is 0.328 e. The molecule has 6 heteroatoms. The van der Waals surface area contributed by atoms with E-state index in [1.807, 2.05) is 11.4 Å². The first-order valence-corrected chi connectivity index (χ1v) is 6.54. The summed E-state index contributed by atoms with van der Waals surface area (Å²) < 4.78 is 1.42. The van der Waals surface area contributed by atoms with Gasteiger partial charge in [0, 0.05) is 29.1 Å². The van der Waals surface area contributed by atoms with Gasteiger partial charge >= 0.3 is 5.69 Å². The minimum Gasteiger partial charge on any atom is -0.395 e. The summed E-state index contributed by atoms with van der Waals surface area (Å²) in [6.45, 7) is 0.405. The number of hydrogen-bond acceptors (Lipinski definition) is 4. The average molecular weight is 276 g/mol. The second-order valence-electron chi connectivity index (χ2n) is 3.77. The highest BCUT2D eigenvalue weighted by Crippen LogP contribution is 2.16. The largest absolute Gasteiger partial charge is 0.395 e. The molecule has 0 atom stereocenters. The van der Waals surface area contributed by atoms with Crippen LogP contribution in [0.4, 0.5) is 0 Å². The van der Waals surface area contributed by atoms with Crippen LogP contribution in [0.15, 0.2) is 33.3 Å². The van der Waals surface area contributed by atoms with Gasteiger partial charge in [0.2, 0.25) is 0 Å². The van der Waals surface area contributed by atoms with Gasteiger partial charge in [0.1, 0.15) is 0 Å². The van der Waals surface area contributed by atoms with Crippen molar-refractivity contribution in [3.8, 4) is 11.8 Å². The summed E-state index contributed by atoms with van der Waals surface area (Å²) in [5, 5.41) is 10.6. The highest BCUT2D eigenvalue weighted by atomic mass is 32.1. The van der Waals surface area contributed by atoms with E-state index in [0.29, 0.717) is 13.0 Å². The van der Waals surface area contributed by atoms with Crippen molar-refractivity contribution >= 4 is 11.3 Å². The van der Waals surface area contributed by atoms with Gasteiger partial charge in [0.05, 0.1) is 13.2 Å². The molecule has 2 N–H and O–H groups in total. The quantitative estimate of drug-likeness (QED) is 0.796. The van der Waals surface area contributed by atoms with E-state index in [1.165, 1.54) is 28.2 Å². The van der Waals surface area contributed by atoms with Crippen LogP contribution < -0.4 is 11.2 Å². The molecule has 98 valence electrons. The Morgan fingerprint density at radius 2 is 2.21 bits per heavy atom. The van der Waals surface area contributed by atoms with Gasteiger partial charge in [-0.1, -0.05) is 11.8 Å². The van der Waals surface area contributed by atoms with E-state index in [9.17, 15) is 9.59 Å². The Hall–Kier alpha value is -2.10. The van der Waals surface area contributed by atoms with Gasteiger partial charge in [0.15, 0.2) is 0 Å². The molecule has 0 spiro atoms. The lowest BCUT2D eigenvalue weighted by Gasteiger charge is -2.02. The topological polar surface area (TPSA) is 75.1 Å². The third-order valence-corrected chi connectivity index (χ3v) is 3.32. The van der Waals surface area contributed by atoms with Crippen molar-refractivity contribution < 1.29 is 5.11 Å². The minimum atomic E-state index is -0.435. The molecule has 0 aliphatic heterocycles. The van der Waals surface area contributed by atoms with Gasteiger partial charge in [-0.15, -0.1) is 11.3 Å². The number of nitrogens with one attached hydrogen (secondary N) is 1. The highest BCUT2D eigenvalue weighted by molar-refractivity contribution is 7.10. The van der Waals surface area contributed by atoms with Crippen LogP contribution in [0.25, 0.3) is 0 Å². The predicted molar refractivity (Wildman–Crippen MR) is 73.3 cm³/mol. The Labute approximate surface area is 113 Å². The van der Waals surface area contributed by atoms with Gasteiger partial charge in [-0.2, -0.15) is 0 Å². The molecule has 2 aromatic rings. The molecule has 0 radical (unpaired) electrons. The fourth-order valence-corrected chi connectivity index (χ4v) is 2.34. The molecule has 19 heavy (non-hydrogen) atoms. The molecule has 0 unspecified atom stereocenters. The Morgan fingerprint density at radius 1 is 1.37 bits per heavy atom. The lowest BCUT2D eigenvalue weighted by Crippen LogP contribution is -2.28. The van der Waals surface area contributed by atoms with Gasteiger partial charge in [-0.05, 0) is 11.4 Å². The zero-order valence-corrected chi connectivity index (χ0v) is 10.9. The Bertz CT molecular complexity index is 730. The zero-order chi connectivity index (χ0) is 13.7. The van der Waals surface area contributed by atoms with Crippen LogP contribution in [-0.2, 0) is 6.54 Å². The molecular weight excluding hydrogens is 264 g/mol. The van der Waals surface area contributed by atoms with E-state index < -0.39 is 11.2 Å². The number of aromatic nitrogens is 2. The van der Waals surface area contributed by atoms with Crippen LogP contribution in [0, 0.1) is 11.8 Å². The van der Waals surface area contributed by atoms with Crippen LogP contribution >= 0.6 is 11.3 Å². The second-order valence-corrected chi connectivity index (χ2v) is 4.77. The molecular formula is C13H12N2O3S. The Balaban J connectivity index is 2.25. The van der Waals surface area contributed by atoms with E-state index in [1.54, 1.807) is 0 Å². The van der Waals surface area contributed by atoms with Crippen molar-refractivity contribution in [2.45, 2.75) is 13.0 Å². The standard InChI is InChI=1S/C13H12N2O3S/c16-7-2-1-3-10-5-8-19-11(10)9-15-6-4-12(17)14-13(15)18/h4-6,8,16H,2,7,9H2,(H,14,17,18). The van der Waals surface area contributed by atoms with Crippen molar-refractivity contribution in [2.24, 2.45) is 0 Å². The van der Waals surface area contributed by atoms with Crippen LogP contribution in [0.1, 0.15) is 16.9 Å². The summed E-state index contributed by atoms with van der Waals surface area (Å²) in [7, 11) is 0. The SMILES string of the molecule is O=c1ccn(Cc2sccc2C#CCCO)c(=O)[nH]1. The van der Waals surface area contributed by atoms with Gasteiger partial charge in [0.25, 0.3) is 5.56 Å². The number of hydrogen-bond donors (Lipinski definition) is 2. The summed E-state index contributed by atoms with van der Waals surface area (Å²) in [6, 6.07) is 3.19. The number of thiophene rings is 1. The first-order valence-electron chi connectivity index (χ1n) is 5.66. The molecule has 0 aromatic carbocycles. The van der Waals surface area contributed by atoms with Gasteiger partial charge in [-0.25, -0.2) is 4.79 Å². The number of nitrogens with zero attached hydrogens (tertiary/aromatic N) is 1. The van der Waals surface area contributed by atoms with Crippen molar-refractivity contribution in [1.82, 2.24) is 9.55 Å². The van der Waals surface area contributed by atoms with Crippen LogP contribution in [0.5, 0.6) is 0 Å². The normalized spacial score (nSPS) is 9.95. The van der Waals surface area contributed by atoms with Crippen LogP contribution in [0.3, 0.4) is 0 Å². The minimum absolute atomic E-state index is 0.0336.